The van der Waals surface area contributed by atoms with E-state index in [-0.39, 0.29) is 11.8 Å². The molecule has 0 N–H and O–H groups in total. The summed E-state index contributed by atoms with van der Waals surface area (Å²) in [5.74, 6) is 0.0565. The van der Waals surface area contributed by atoms with E-state index in [9.17, 15) is 9.59 Å². The second-order valence-electron chi connectivity index (χ2n) is 5.49. The fourth-order valence-corrected chi connectivity index (χ4v) is 3.29. The molecule has 2 rings (SSSR count). The predicted octanol–water partition coefficient (Wildman–Crippen LogP) is 3.04. The van der Waals surface area contributed by atoms with Gasteiger partial charge in [0.15, 0.2) is 0 Å². The van der Waals surface area contributed by atoms with E-state index >= 15 is 0 Å². The summed E-state index contributed by atoms with van der Waals surface area (Å²) < 4.78 is 5.14. The van der Waals surface area contributed by atoms with Crippen molar-refractivity contribution in [2.75, 3.05) is 6.61 Å². The fraction of sp³-hybridized carbons (Fsp3) is 0.733. The topological polar surface area (TPSA) is 43.4 Å². The van der Waals surface area contributed by atoms with Crippen LogP contribution in [0.1, 0.15) is 52.4 Å². The number of esters is 1. The summed E-state index contributed by atoms with van der Waals surface area (Å²) in [5.41, 5.74) is 0.559. The summed E-state index contributed by atoms with van der Waals surface area (Å²) in [6.45, 7) is 3.66. The van der Waals surface area contributed by atoms with Gasteiger partial charge in [-0.2, -0.15) is 0 Å². The van der Waals surface area contributed by atoms with Gasteiger partial charge in [0.05, 0.1) is 6.61 Å². The first-order valence-corrected chi connectivity index (χ1v) is 6.97. The van der Waals surface area contributed by atoms with Gasteiger partial charge in [-0.25, -0.2) is 0 Å². The molecular weight excluding hydrogens is 228 g/mol. The number of allylic oxidation sites excluding steroid dienone is 2. The monoisotopic (exact) mass is 250 g/mol. The zero-order valence-corrected chi connectivity index (χ0v) is 11.3. The maximum atomic E-state index is 12.2. The van der Waals surface area contributed by atoms with Crippen LogP contribution < -0.4 is 0 Å². The summed E-state index contributed by atoms with van der Waals surface area (Å²) in [7, 11) is 0. The summed E-state index contributed by atoms with van der Waals surface area (Å²) in [4.78, 5) is 24.1. The molecule has 0 spiro atoms. The van der Waals surface area contributed by atoms with Crippen LogP contribution in [0.5, 0.6) is 0 Å². The Bertz CT molecular complexity index is 383. The highest BCUT2D eigenvalue weighted by molar-refractivity contribution is 6.03. The maximum absolute atomic E-state index is 12.2. The zero-order valence-electron chi connectivity index (χ0n) is 11.3. The van der Waals surface area contributed by atoms with E-state index in [1.54, 1.807) is 6.92 Å². The number of hydrogen-bond donors (Lipinski definition) is 0. The average molecular weight is 250 g/mol. The Labute approximate surface area is 109 Å². The smallest absolute Gasteiger partial charge is 0.319 e. The van der Waals surface area contributed by atoms with E-state index in [2.05, 4.69) is 6.08 Å². The Morgan fingerprint density at radius 3 is 2.89 bits per heavy atom. The Kier molecular flexibility index (Phi) is 3.88. The van der Waals surface area contributed by atoms with Crippen molar-refractivity contribution in [2.24, 2.45) is 11.3 Å². The van der Waals surface area contributed by atoms with E-state index in [1.807, 2.05) is 0 Å². The first-order chi connectivity index (χ1) is 8.60. The van der Waals surface area contributed by atoms with Crippen LogP contribution in [-0.4, -0.2) is 18.4 Å². The van der Waals surface area contributed by atoms with Gasteiger partial charge in [0.1, 0.15) is 11.2 Å². The second kappa shape index (κ2) is 5.25. The summed E-state index contributed by atoms with van der Waals surface area (Å²) in [6, 6.07) is 0. The normalized spacial score (nSPS) is 31.2. The van der Waals surface area contributed by atoms with Gasteiger partial charge in [0.25, 0.3) is 0 Å². The summed E-state index contributed by atoms with van der Waals surface area (Å²) >= 11 is 0. The van der Waals surface area contributed by atoms with E-state index in [1.165, 1.54) is 25.3 Å². The van der Waals surface area contributed by atoms with Gasteiger partial charge in [-0.1, -0.05) is 18.1 Å². The molecule has 0 saturated heterocycles. The van der Waals surface area contributed by atoms with Crippen molar-refractivity contribution in [1.29, 1.82) is 0 Å². The summed E-state index contributed by atoms with van der Waals surface area (Å²) in [5, 5.41) is 0. The van der Waals surface area contributed by atoms with Crippen molar-refractivity contribution in [1.82, 2.24) is 0 Å². The van der Waals surface area contributed by atoms with E-state index in [0.717, 1.165) is 12.8 Å². The molecule has 2 aliphatic rings. The third-order valence-corrected chi connectivity index (χ3v) is 4.44. The van der Waals surface area contributed by atoms with Crippen LogP contribution in [-0.2, 0) is 14.3 Å². The number of carbonyl (C=O) groups excluding carboxylic acids is 2. The molecule has 2 atom stereocenters. The molecular formula is C15H22O3. The minimum Gasteiger partial charge on any atom is -0.465 e. The van der Waals surface area contributed by atoms with Crippen molar-refractivity contribution < 1.29 is 14.3 Å². The molecule has 0 bridgehead atoms. The summed E-state index contributed by atoms with van der Waals surface area (Å²) in [6.07, 6.45) is 8.03. The van der Waals surface area contributed by atoms with Crippen LogP contribution in [0.4, 0.5) is 0 Å². The Hall–Kier alpha value is -1.12. The maximum Gasteiger partial charge on any atom is 0.319 e. The molecule has 3 nitrogen and oxygen atoms in total. The predicted molar refractivity (Wildman–Crippen MR) is 69.0 cm³/mol. The molecule has 100 valence electrons. The number of hydrogen-bond acceptors (Lipinski definition) is 3. The molecule has 0 heterocycles. The van der Waals surface area contributed by atoms with Gasteiger partial charge in [0.2, 0.25) is 0 Å². The SMILES string of the molecule is CCOC(=O)C1(C(C)=O)CC=C2CCCCC2C1. The van der Waals surface area contributed by atoms with Crippen molar-refractivity contribution >= 4 is 11.8 Å². The van der Waals surface area contributed by atoms with E-state index in [0.29, 0.717) is 25.4 Å². The molecule has 1 saturated carbocycles. The molecule has 0 amide bonds. The molecule has 18 heavy (non-hydrogen) atoms. The number of ether oxygens (including phenoxy) is 1. The Morgan fingerprint density at radius 2 is 2.22 bits per heavy atom. The lowest BCUT2D eigenvalue weighted by molar-refractivity contribution is -0.161. The molecule has 2 unspecified atom stereocenters. The standard InChI is InChI=1S/C15H22O3/c1-3-18-14(17)15(11(2)16)9-8-12-6-4-5-7-13(12)10-15/h8,13H,3-7,9-10H2,1-2H3. The molecule has 0 aromatic rings. The lowest BCUT2D eigenvalue weighted by atomic mass is 9.64. The fourth-order valence-electron chi connectivity index (χ4n) is 3.29. The molecule has 3 heteroatoms. The highest BCUT2D eigenvalue weighted by Gasteiger charge is 2.48. The lowest BCUT2D eigenvalue weighted by Gasteiger charge is -2.38. The quantitative estimate of drug-likeness (QED) is 0.439. The number of carbonyl (C=O) groups is 2. The first-order valence-electron chi connectivity index (χ1n) is 6.97. The van der Waals surface area contributed by atoms with Crippen molar-refractivity contribution in [3.8, 4) is 0 Å². The second-order valence-corrected chi connectivity index (χ2v) is 5.49. The lowest BCUT2D eigenvalue weighted by Crippen LogP contribution is -2.43. The van der Waals surface area contributed by atoms with Gasteiger partial charge in [-0.3, -0.25) is 9.59 Å². The molecule has 2 aliphatic carbocycles. The van der Waals surface area contributed by atoms with Gasteiger partial charge >= 0.3 is 5.97 Å². The molecule has 0 aromatic heterocycles. The van der Waals surface area contributed by atoms with Gasteiger partial charge in [-0.15, -0.1) is 0 Å². The molecule has 1 fully saturated rings. The largest absolute Gasteiger partial charge is 0.465 e. The highest BCUT2D eigenvalue weighted by Crippen LogP contribution is 2.46. The van der Waals surface area contributed by atoms with Crippen LogP contribution in [0.2, 0.25) is 0 Å². The molecule has 0 radical (unpaired) electrons. The van der Waals surface area contributed by atoms with Crippen molar-refractivity contribution in [2.45, 2.75) is 52.4 Å². The highest BCUT2D eigenvalue weighted by atomic mass is 16.5. The van der Waals surface area contributed by atoms with Crippen LogP contribution in [0, 0.1) is 11.3 Å². The average Bonchev–Trinajstić information content (AvgIpc) is 2.38. The Balaban J connectivity index is 2.25. The number of fused-ring (bicyclic) bond motifs is 1. The van der Waals surface area contributed by atoms with Gasteiger partial charge < -0.3 is 4.74 Å². The first kappa shape index (κ1) is 13.3. The molecule has 0 aliphatic heterocycles. The van der Waals surface area contributed by atoms with E-state index in [4.69, 9.17) is 4.74 Å². The van der Waals surface area contributed by atoms with E-state index < -0.39 is 5.41 Å². The van der Waals surface area contributed by atoms with Crippen LogP contribution in [0.15, 0.2) is 11.6 Å². The van der Waals surface area contributed by atoms with Crippen molar-refractivity contribution in [3.05, 3.63) is 11.6 Å². The minimum atomic E-state index is -0.901. The molecule has 0 aromatic carbocycles. The van der Waals surface area contributed by atoms with Crippen LogP contribution in [0.3, 0.4) is 0 Å². The third kappa shape index (κ3) is 2.23. The van der Waals surface area contributed by atoms with Crippen LogP contribution in [0.25, 0.3) is 0 Å². The number of rotatable bonds is 3. The number of ketones is 1. The van der Waals surface area contributed by atoms with Gasteiger partial charge in [-0.05, 0) is 51.9 Å². The number of Topliss-reactive ketones (excluding diaryl/α,β-unsaturated/α-hetero) is 1. The van der Waals surface area contributed by atoms with Crippen molar-refractivity contribution in [3.63, 3.8) is 0 Å². The third-order valence-electron chi connectivity index (χ3n) is 4.44. The zero-order chi connectivity index (χ0) is 13.2. The Morgan fingerprint density at radius 1 is 1.44 bits per heavy atom. The van der Waals surface area contributed by atoms with Crippen LogP contribution >= 0.6 is 0 Å². The minimum absolute atomic E-state index is 0.0400. The van der Waals surface area contributed by atoms with Gasteiger partial charge in [0, 0.05) is 0 Å².